The van der Waals surface area contributed by atoms with Crippen molar-refractivity contribution in [3.05, 3.63) is 149 Å². The zero-order chi connectivity index (χ0) is 81.3. The fourth-order valence-corrected chi connectivity index (χ4v) is 17.5. The van der Waals surface area contributed by atoms with Crippen LogP contribution in [0.25, 0.3) is 0 Å². The van der Waals surface area contributed by atoms with Gasteiger partial charge in [0.05, 0.1) is 24.5 Å². The molecule has 630 valence electrons. The summed E-state index contributed by atoms with van der Waals surface area (Å²) in [5.74, 6) is 0. The molecule has 0 radical (unpaired) electrons. The van der Waals surface area contributed by atoms with Gasteiger partial charge in [0.2, 0.25) is 0 Å². The Bertz CT molecular complexity index is 3110. The van der Waals surface area contributed by atoms with Gasteiger partial charge < -0.3 is 9.11 Å². The minimum atomic E-state index is -4.35. The fraction of sp³-hybridized carbons (Fsp3) is 0.667. The van der Waals surface area contributed by atoms with Crippen molar-refractivity contribution in [2.45, 2.75) is 412 Å². The van der Waals surface area contributed by atoms with E-state index in [2.05, 4.69) is 34.6 Å². The van der Waals surface area contributed by atoms with Crippen LogP contribution in [0.4, 0.5) is 0 Å². The Morgan fingerprint density at radius 3 is 0.446 bits per heavy atom. The van der Waals surface area contributed by atoms with Gasteiger partial charge in [0.1, 0.15) is 20.2 Å². The number of hydrogen-bond donors (Lipinski definition) is 3. The Hall–Kier alpha value is -2.35. The van der Waals surface area contributed by atoms with Crippen LogP contribution in [-0.4, -0.2) is 64.9 Å². The van der Waals surface area contributed by atoms with Crippen LogP contribution in [0.3, 0.4) is 0 Å². The molecular weight excluding hydrogens is 1530 g/mol. The van der Waals surface area contributed by atoms with Gasteiger partial charge >= 0.3 is 59.1 Å². The largest absolute Gasteiger partial charge is 1.00 e. The summed E-state index contributed by atoms with van der Waals surface area (Å²) in [7, 11) is -21.0. The molecule has 0 aliphatic rings. The molecule has 0 atom stereocenters. The third kappa shape index (κ3) is 60.2. The van der Waals surface area contributed by atoms with Gasteiger partial charge in [-0.1, -0.05) is 415 Å². The number of unbranched alkanes of at least 4 members (excludes halogenated alkanes) is 45. The molecule has 0 heterocycles. The van der Waals surface area contributed by atoms with Crippen LogP contribution >= 0.6 is 0 Å². The molecule has 5 rings (SSSR count). The van der Waals surface area contributed by atoms with Crippen LogP contribution in [0.5, 0.6) is 0 Å². The number of benzene rings is 5. The van der Waals surface area contributed by atoms with Gasteiger partial charge in [-0.05, 0) is 122 Å². The molecule has 22 heteroatoms. The normalized spacial score (nSPS) is 11.5. The van der Waals surface area contributed by atoms with E-state index in [1.807, 2.05) is 18.2 Å². The SMILES string of the molecule is CCCCCCCCCCCCc1ccccc1S(=O)(=O)O.CCCCCCCCCCCCc1ccccc1S(=O)(=O)O.CCCCCCCCCCCCc1ccccc1S(=O)(=O)O.CCCCCCCCCCCCc1ccccc1S(=O)(=O)[O-].CCCCCCCCCCCCc1ccccc1S(=O)(=O)[O-].[Na+].[Na+]. The second-order valence-corrected chi connectivity index (χ2v) is 36.9. The van der Waals surface area contributed by atoms with E-state index in [-0.39, 0.29) is 83.6 Å². The standard InChI is InChI=1S/5C18H30O3S.2Na/c5*1-2-3-4-5-6-7-8-9-10-11-14-17-15-12-13-16-18(17)22(19,20)21;;/h5*12-13,15-16H,2-11,14H2,1H3,(H,19,20,21);;/q;;;;;2*+1/p-2. The van der Waals surface area contributed by atoms with Gasteiger partial charge in [-0.25, -0.2) is 16.8 Å². The zero-order valence-corrected chi connectivity index (χ0v) is 78.8. The summed E-state index contributed by atoms with van der Waals surface area (Å²) in [5, 5.41) is 0. The van der Waals surface area contributed by atoms with Crippen molar-refractivity contribution in [1.29, 1.82) is 0 Å². The summed E-state index contributed by atoms with van der Waals surface area (Å²) in [6, 6.07) is 33.3. The first kappa shape index (κ1) is 112. The maximum Gasteiger partial charge on any atom is 1.00 e. The second-order valence-electron chi connectivity index (χ2n) is 30.0. The van der Waals surface area contributed by atoms with Crippen molar-refractivity contribution in [2.24, 2.45) is 0 Å². The Kier molecular flexibility index (Phi) is 71.4. The molecule has 0 saturated heterocycles. The molecule has 15 nitrogen and oxygen atoms in total. The first-order valence-electron chi connectivity index (χ1n) is 43.0. The van der Waals surface area contributed by atoms with Gasteiger partial charge in [0, 0.05) is 0 Å². The van der Waals surface area contributed by atoms with Crippen molar-refractivity contribution in [2.75, 3.05) is 0 Å². The molecule has 112 heavy (non-hydrogen) atoms. The summed E-state index contributed by atoms with van der Waals surface area (Å²) in [4.78, 5) is 0.0830. The van der Waals surface area contributed by atoms with E-state index in [1.165, 1.54) is 287 Å². The minimum Gasteiger partial charge on any atom is -0.744 e. The van der Waals surface area contributed by atoms with Crippen LogP contribution in [0.1, 0.15) is 383 Å². The quantitative estimate of drug-likeness (QED) is 0.0185. The van der Waals surface area contributed by atoms with Crippen LogP contribution in [0.2, 0.25) is 0 Å². The van der Waals surface area contributed by atoms with Gasteiger partial charge in [0.15, 0.2) is 0 Å². The van der Waals surface area contributed by atoms with Crippen molar-refractivity contribution in [3.8, 4) is 0 Å². The monoisotopic (exact) mass is 1670 g/mol. The van der Waals surface area contributed by atoms with E-state index in [0.29, 0.717) is 43.2 Å². The van der Waals surface area contributed by atoms with Gasteiger partial charge in [-0.3, -0.25) is 13.7 Å². The van der Waals surface area contributed by atoms with Crippen molar-refractivity contribution >= 4 is 50.6 Å². The van der Waals surface area contributed by atoms with E-state index >= 15 is 0 Å². The summed E-state index contributed by atoms with van der Waals surface area (Å²) in [6.45, 7) is 11.2. The molecule has 0 amide bonds. The van der Waals surface area contributed by atoms with Crippen LogP contribution in [-0.2, 0) is 82.7 Å². The average molecular weight is 1680 g/mol. The number of hydrogen-bond acceptors (Lipinski definition) is 12. The average Bonchev–Trinajstić information content (AvgIpc) is 0.871. The number of rotatable bonds is 60. The first-order chi connectivity index (χ1) is 52.8. The van der Waals surface area contributed by atoms with Crippen molar-refractivity contribution in [3.63, 3.8) is 0 Å². The molecule has 0 aliphatic heterocycles. The summed E-state index contributed by atoms with van der Waals surface area (Å²) in [6.07, 6.45) is 66.2. The third-order valence-electron chi connectivity index (χ3n) is 20.2. The molecule has 3 N–H and O–H groups in total. The van der Waals surface area contributed by atoms with E-state index < -0.39 is 50.6 Å². The molecule has 0 spiro atoms. The van der Waals surface area contributed by atoms with Gasteiger partial charge in [-0.2, -0.15) is 25.3 Å². The minimum absolute atomic E-state index is 0. The van der Waals surface area contributed by atoms with Crippen LogP contribution in [0, 0.1) is 0 Å². The Labute approximate surface area is 729 Å². The van der Waals surface area contributed by atoms with Gasteiger partial charge in [-0.15, -0.1) is 0 Å². The zero-order valence-electron chi connectivity index (χ0n) is 70.7. The number of aryl methyl sites for hydroxylation is 5. The molecule has 0 saturated carbocycles. The van der Waals surface area contributed by atoms with Crippen molar-refractivity contribution in [1.82, 2.24) is 0 Å². The molecule has 0 fully saturated rings. The van der Waals surface area contributed by atoms with E-state index in [1.54, 1.807) is 72.8 Å². The molecule has 0 aromatic heterocycles. The van der Waals surface area contributed by atoms with E-state index in [9.17, 15) is 64.9 Å². The Balaban J connectivity index is 0. The predicted molar refractivity (Wildman–Crippen MR) is 455 cm³/mol. The van der Waals surface area contributed by atoms with E-state index in [0.717, 1.165) is 80.9 Å². The second kappa shape index (κ2) is 71.6. The molecular formula is C90H148Na2O15S5. The summed E-state index contributed by atoms with van der Waals surface area (Å²) in [5.41, 5.74) is 3.51. The van der Waals surface area contributed by atoms with Crippen LogP contribution < -0.4 is 59.1 Å². The van der Waals surface area contributed by atoms with Crippen LogP contribution in [0.15, 0.2) is 146 Å². The topological polar surface area (TPSA) is 278 Å². The molecule has 0 aliphatic carbocycles. The smallest absolute Gasteiger partial charge is 0.744 e. The van der Waals surface area contributed by atoms with E-state index in [4.69, 9.17) is 0 Å². The predicted octanol–water partition coefficient (Wildman–Crippen LogP) is 20.3. The molecule has 5 aromatic carbocycles. The summed E-state index contributed by atoms with van der Waals surface area (Å²) >= 11 is 0. The maximum absolute atomic E-state index is 11.3. The molecule has 0 unspecified atom stereocenters. The third-order valence-corrected chi connectivity index (χ3v) is 25.0. The maximum atomic E-state index is 11.3. The van der Waals surface area contributed by atoms with Gasteiger partial charge in [0.25, 0.3) is 30.4 Å². The summed E-state index contributed by atoms with van der Waals surface area (Å²) < 4.78 is 162. The Morgan fingerprint density at radius 1 is 0.196 bits per heavy atom. The molecule has 5 aromatic rings. The first-order valence-corrected chi connectivity index (χ1v) is 50.1. The molecule has 0 bridgehead atoms. The fourth-order valence-electron chi connectivity index (χ4n) is 13.8. The van der Waals surface area contributed by atoms with Crippen molar-refractivity contribution < 1.29 is 124 Å². The Morgan fingerprint density at radius 2 is 0.312 bits per heavy atom.